The number of nitrogens with one attached hydrogen (secondary N) is 1. The molecule has 66 valence electrons. The molecule has 4 heteroatoms. The fourth-order valence-corrected chi connectivity index (χ4v) is 1.21. The molecule has 0 aliphatic rings. The average Bonchev–Trinajstić information content (AvgIpc) is 2.32. The lowest BCUT2D eigenvalue weighted by molar-refractivity contribution is 0.0593. The molecule has 1 rings (SSSR count). The minimum absolute atomic E-state index is 0.351. The maximum Gasteiger partial charge on any atom is 0.354 e. The molecule has 0 bridgehead atoms. The number of aromatic amines is 1. The molecular formula is C8H11NO2S. The Morgan fingerprint density at radius 1 is 1.50 bits per heavy atom. The summed E-state index contributed by atoms with van der Waals surface area (Å²) in [6.07, 6.45) is 0. The Balaban J connectivity index is 3.17. The smallest absolute Gasteiger partial charge is 0.354 e. The number of hydrogen-bond acceptors (Lipinski definition) is 3. The quantitative estimate of drug-likeness (QED) is 0.516. The van der Waals surface area contributed by atoms with Gasteiger partial charge in [0.2, 0.25) is 0 Å². The second kappa shape index (κ2) is 3.23. The fraction of sp³-hybridized carbons (Fsp3) is 0.375. The lowest BCUT2D eigenvalue weighted by Crippen LogP contribution is -2.03. The average molecular weight is 185 g/mol. The van der Waals surface area contributed by atoms with Crippen LogP contribution in [0.4, 0.5) is 0 Å². The van der Waals surface area contributed by atoms with Gasteiger partial charge >= 0.3 is 5.97 Å². The monoisotopic (exact) mass is 185 g/mol. The zero-order chi connectivity index (χ0) is 9.30. The van der Waals surface area contributed by atoms with Gasteiger partial charge in [0.15, 0.2) is 0 Å². The predicted molar refractivity (Wildman–Crippen MR) is 48.9 cm³/mol. The first kappa shape index (κ1) is 9.19. The van der Waals surface area contributed by atoms with Crippen molar-refractivity contribution in [3.63, 3.8) is 0 Å². The van der Waals surface area contributed by atoms with E-state index in [1.807, 2.05) is 13.8 Å². The molecule has 12 heavy (non-hydrogen) atoms. The molecule has 0 atom stereocenters. The number of aromatic nitrogens is 1. The summed E-state index contributed by atoms with van der Waals surface area (Å²) in [5.74, 6) is -0.351. The normalized spacial score (nSPS) is 10.0. The molecule has 1 aromatic rings. The number of esters is 1. The molecule has 0 aliphatic heterocycles. The number of carbonyl (C=O) groups is 1. The standard InChI is InChI=1S/C8H11NO2S/c1-4-6(8(10)11-3)9-5(2)7(4)12/h9,12H,1-3H3. The third-order valence-corrected chi connectivity index (χ3v) is 2.46. The van der Waals surface area contributed by atoms with Crippen LogP contribution in [-0.4, -0.2) is 18.1 Å². The van der Waals surface area contributed by atoms with Crippen molar-refractivity contribution in [3.05, 3.63) is 17.0 Å². The van der Waals surface area contributed by atoms with Gasteiger partial charge in [0.25, 0.3) is 0 Å². The highest BCUT2D eigenvalue weighted by Crippen LogP contribution is 2.21. The summed E-state index contributed by atoms with van der Waals surface area (Å²) in [4.78, 5) is 14.8. The van der Waals surface area contributed by atoms with E-state index in [9.17, 15) is 4.79 Å². The summed E-state index contributed by atoms with van der Waals surface area (Å²) >= 11 is 4.23. The number of carbonyl (C=O) groups excluding carboxylic acids is 1. The van der Waals surface area contributed by atoms with E-state index in [-0.39, 0.29) is 5.97 Å². The van der Waals surface area contributed by atoms with Gasteiger partial charge in [0.1, 0.15) is 5.69 Å². The molecule has 0 amide bonds. The molecule has 0 aromatic carbocycles. The Morgan fingerprint density at radius 3 is 2.42 bits per heavy atom. The second-order valence-corrected chi connectivity index (χ2v) is 3.04. The van der Waals surface area contributed by atoms with Crippen LogP contribution in [0.2, 0.25) is 0 Å². The van der Waals surface area contributed by atoms with E-state index < -0.39 is 0 Å². The molecule has 0 radical (unpaired) electrons. The number of thiol groups is 1. The van der Waals surface area contributed by atoms with Crippen LogP contribution in [-0.2, 0) is 4.74 Å². The zero-order valence-corrected chi connectivity index (χ0v) is 8.16. The number of hydrogen-bond donors (Lipinski definition) is 2. The van der Waals surface area contributed by atoms with Gasteiger partial charge in [-0.15, -0.1) is 12.6 Å². The molecule has 0 aliphatic carbocycles. The van der Waals surface area contributed by atoms with Crippen LogP contribution in [0, 0.1) is 13.8 Å². The van der Waals surface area contributed by atoms with Crippen LogP contribution in [0.1, 0.15) is 21.7 Å². The van der Waals surface area contributed by atoms with Crippen LogP contribution >= 0.6 is 12.6 Å². The number of aryl methyl sites for hydroxylation is 1. The second-order valence-electron chi connectivity index (χ2n) is 2.59. The summed E-state index contributed by atoms with van der Waals surface area (Å²) in [5, 5.41) is 0. The lowest BCUT2D eigenvalue weighted by atomic mass is 10.2. The van der Waals surface area contributed by atoms with Crippen molar-refractivity contribution in [1.29, 1.82) is 0 Å². The van der Waals surface area contributed by atoms with E-state index >= 15 is 0 Å². The Morgan fingerprint density at radius 2 is 2.08 bits per heavy atom. The van der Waals surface area contributed by atoms with E-state index in [0.717, 1.165) is 16.2 Å². The van der Waals surface area contributed by atoms with Crippen LogP contribution in [0.15, 0.2) is 4.90 Å². The minimum atomic E-state index is -0.351. The molecular weight excluding hydrogens is 174 g/mol. The van der Waals surface area contributed by atoms with E-state index in [1.165, 1.54) is 7.11 Å². The maximum absolute atomic E-state index is 11.1. The van der Waals surface area contributed by atoms with Gasteiger partial charge in [-0.1, -0.05) is 0 Å². The molecule has 1 N–H and O–H groups in total. The Hall–Kier alpha value is -0.900. The largest absolute Gasteiger partial charge is 0.464 e. The third-order valence-electron chi connectivity index (χ3n) is 1.79. The Bertz CT molecular complexity index is 317. The highest BCUT2D eigenvalue weighted by atomic mass is 32.1. The van der Waals surface area contributed by atoms with Crippen LogP contribution in [0.5, 0.6) is 0 Å². The molecule has 0 fully saturated rings. The summed E-state index contributed by atoms with van der Waals surface area (Å²) in [7, 11) is 1.36. The van der Waals surface area contributed by atoms with Gasteiger partial charge in [0, 0.05) is 10.6 Å². The molecule has 1 heterocycles. The van der Waals surface area contributed by atoms with Crippen molar-refractivity contribution >= 4 is 18.6 Å². The number of rotatable bonds is 1. The van der Waals surface area contributed by atoms with Crippen molar-refractivity contribution in [1.82, 2.24) is 4.98 Å². The van der Waals surface area contributed by atoms with E-state index in [4.69, 9.17) is 0 Å². The molecule has 0 unspecified atom stereocenters. The van der Waals surface area contributed by atoms with Gasteiger partial charge in [-0.3, -0.25) is 0 Å². The van der Waals surface area contributed by atoms with Crippen LogP contribution < -0.4 is 0 Å². The Kier molecular flexibility index (Phi) is 2.47. The first-order valence-corrected chi connectivity index (χ1v) is 3.99. The van der Waals surface area contributed by atoms with Crippen LogP contribution in [0.3, 0.4) is 0 Å². The summed E-state index contributed by atoms with van der Waals surface area (Å²) in [6.45, 7) is 3.69. The zero-order valence-electron chi connectivity index (χ0n) is 7.26. The molecule has 0 spiro atoms. The predicted octanol–water partition coefficient (Wildman–Crippen LogP) is 1.71. The van der Waals surface area contributed by atoms with Crippen molar-refractivity contribution in [2.24, 2.45) is 0 Å². The molecule has 0 saturated heterocycles. The van der Waals surface area contributed by atoms with E-state index in [1.54, 1.807) is 0 Å². The van der Waals surface area contributed by atoms with Gasteiger partial charge < -0.3 is 9.72 Å². The highest BCUT2D eigenvalue weighted by Gasteiger charge is 2.14. The van der Waals surface area contributed by atoms with Crippen molar-refractivity contribution < 1.29 is 9.53 Å². The summed E-state index contributed by atoms with van der Waals surface area (Å²) in [5.41, 5.74) is 2.21. The van der Waals surface area contributed by atoms with Crippen molar-refractivity contribution in [2.75, 3.05) is 7.11 Å². The maximum atomic E-state index is 11.1. The van der Waals surface area contributed by atoms with Gasteiger partial charge in [-0.2, -0.15) is 0 Å². The van der Waals surface area contributed by atoms with Crippen molar-refractivity contribution in [2.45, 2.75) is 18.7 Å². The third kappa shape index (κ3) is 1.34. The van der Waals surface area contributed by atoms with E-state index in [2.05, 4.69) is 22.3 Å². The molecule has 3 nitrogen and oxygen atoms in total. The number of ether oxygens (including phenoxy) is 1. The topological polar surface area (TPSA) is 42.1 Å². The fourth-order valence-electron chi connectivity index (χ4n) is 1.05. The molecule has 0 saturated carbocycles. The number of methoxy groups -OCH3 is 1. The Labute approximate surface area is 76.5 Å². The highest BCUT2D eigenvalue weighted by molar-refractivity contribution is 7.80. The van der Waals surface area contributed by atoms with Gasteiger partial charge in [-0.05, 0) is 19.4 Å². The van der Waals surface area contributed by atoms with Crippen LogP contribution in [0.25, 0.3) is 0 Å². The van der Waals surface area contributed by atoms with Gasteiger partial charge in [-0.25, -0.2) is 4.79 Å². The molecule has 1 aromatic heterocycles. The number of H-pyrrole nitrogens is 1. The van der Waals surface area contributed by atoms with E-state index in [0.29, 0.717) is 5.69 Å². The summed E-state index contributed by atoms with van der Waals surface area (Å²) in [6, 6.07) is 0. The minimum Gasteiger partial charge on any atom is -0.464 e. The van der Waals surface area contributed by atoms with Gasteiger partial charge in [0.05, 0.1) is 7.11 Å². The SMILES string of the molecule is COC(=O)c1[nH]c(C)c(S)c1C. The first-order valence-electron chi connectivity index (χ1n) is 3.54. The summed E-state index contributed by atoms with van der Waals surface area (Å²) < 4.78 is 4.58. The lowest BCUT2D eigenvalue weighted by Gasteiger charge is -1.96. The first-order chi connectivity index (χ1) is 5.57. The van der Waals surface area contributed by atoms with Crippen molar-refractivity contribution in [3.8, 4) is 0 Å².